The summed E-state index contributed by atoms with van der Waals surface area (Å²) in [7, 11) is 0. The molecular weight excluding hydrogens is 406 g/mol. The topological polar surface area (TPSA) is 111 Å². The van der Waals surface area contributed by atoms with Crippen LogP contribution in [-0.2, 0) is 19.1 Å². The molecule has 0 spiro atoms. The van der Waals surface area contributed by atoms with Crippen LogP contribution >= 0.6 is 23.4 Å². The van der Waals surface area contributed by atoms with Crippen molar-refractivity contribution in [3.8, 4) is 0 Å². The number of nitrogens with zero attached hydrogens (tertiary/aromatic N) is 1. The van der Waals surface area contributed by atoms with E-state index in [1.54, 1.807) is 38.1 Å². The van der Waals surface area contributed by atoms with E-state index in [2.05, 4.69) is 15.8 Å². The Bertz CT molecular complexity index is 916. The maximum absolute atomic E-state index is 12.3. The number of aromatic nitrogens is 1. The van der Waals surface area contributed by atoms with Gasteiger partial charge >= 0.3 is 5.97 Å². The molecule has 2 unspecified atom stereocenters. The smallest absolute Gasteiger partial charge is 0.308 e. The molecule has 2 N–H and O–H groups in total. The predicted octanol–water partition coefficient (Wildman–Crippen LogP) is 3.40. The second-order valence-electron chi connectivity index (χ2n) is 6.14. The van der Waals surface area contributed by atoms with Gasteiger partial charge in [-0.3, -0.25) is 14.4 Å². The third-order valence-electron chi connectivity index (χ3n) is 3.93. The number of aryl methyl sites for hydroxylation is 1. The molecule has 0 saturated carbocycles. The van der Waals surface area contributed by atoms with Crippen LogP contribution in [0.5, 0.6) is 0 Å². The lowest BCUT2D eigenvalue weighted by Crippen LogP contribution is -2.35. The van der Waals surface area contributed by atoms with E-state index in [1.807, 2.05) is 0 Å². The molecule has 2 amide bonds. The number of fused-ring (bicyclic) bond motifs is 1. The highest BCUT2D eigenvalue weighted by Crippen LogP contribution is 2.38. The Labute approximate surface area is 170 Å². The van der Waals surface area contributed by atoms with Gasteiger partial charge in [0, 0.05) is 16.0 Å². The second-order valence-corrected chi connectivity index (χ2v) is 7.82. The van der Waals surface area contributed by atoms with Crippen molar-refractivity contribution < 1.29 is 23.6 Å². The van der Waals surface area contributed by atoms with E-state index >= 15 is 0 Å². The van der Waals surface area contributed by atoms with E-state index in [1.165, 1.54) is 11.8 Å². The molecule has 0 fully saturated rings. The molecule has 2 heterocycles. The third kappa shape index (κ3) is 4.85. The molecule has 0 bridgehead atoms. The minimum absolute atomic E-state index is 0.161. The summed E-state index contributed by atoms with van der Waals surface area (Å²) < 4.78 is 10.2. The van der Waals surface area contributed by atoms with E-state index in [-0.39, 0.29) is 24.6 Å². The van der Waals surface area contributed by atoms with Crippen LogP contribution in [0.4, 0.5) is 11.5 Å². The lowest BCUT2D eigenvalue weighted by molar-refractivity contribution is -0.154. The molecule has 2 aromatic rings. The fraction of sp³-hybridized carbons (Fsp3) is 0.333. The van der Waals surface area contributed by atoms with Gasteiger partial charge < -0.3 is 19.9 Å². The second kappa shape index (κ2) is 8.66. The van der Waals surface area contributed by atoms with E-state index in [0.29, 0.717) is 16.5 Å². The van der Waals surface area contributed by atoms with Crippen LogP contribution in [0.3, 0.4) is 0 Å². The van der Waals surface area contributed by atoms with Crippen LogP contribution < -0.4 is 10.6 Å². The third-order valence-corrected chi connectivity index (χ3v) is 5.44. The molecule has 3 rings (SSSR count). The molecule has 2 atom stereocenters. The highest BCUT2D eigenvalue weighted by Gasteiger charge is 2.31. The Hall–Kier alpha value is -2.52. The van der Waals surface area contributed by atoms with Gasteiger partial charge in [0.25, 0.3) is 5.91 Å². The number of thioether (sulfide) groups is 1. The van der Waals surface area contributed by atoms with Gasteiger partial charge in [-0.05, 0) is 31.5 Å². The Balaban J connectivity index is 1.58. The Morgan fingerprint density at radius 3 is 2.89 bits per heavy atom. The molecule has 8 nitrogen and oxygen atoms in total. The number of rotatable bonds is 6. The molecule has 0 aliphatic carbocycles. The molecule has 1 aliphatic rings. The number of amides is 2. The van der Waals surface area contributed by atoms with Crippen molar-refractivity contribution in [1.29, 1.82) is 0 Å². The number of hydrogen-bond acceptors (Lipinski definition) is 7. The Morgan fingerprint density at radius 2 is 2.21 bits per heavy atom. The first kappa shape index (κ1) is 20.2. The van der Waals surface area contributed by atoms with Crippen molar-refractivity contribution in [2.45, 2.75) is 42.9 Å². The number of nitrogens with one attached hydrogen (secondary N) is 2. The molecule has 1 aliphatic heterocycles. The van der Waals surface area contributed by atoms with Gasteiger partial charge in [-0.25, -0.2) is 0 Å². The zero-order valence-corrected chi connectivity index (χ0v) is 16.7. The molecular formula is C18H18ClN3O5S. The van der Waals surface area contributed by atoms with E-state index < -0.39 is 23.2 Å². The minimum atomic E-state index is -0.993. The molecule has 1 aromatic carbocycles. The number of halogens is 1. The van der Waals surface area contributed by atoms with Gasteiger partial charge in [0.15, 0.2) is 11.9 Å². The number of carbonyl (C=O) groups excluding carboxylic acids is 3. The van der Waals surface area contributed by atoms with Crippen LogP contribution in [-0.4, -0.2) is 34.3 Å². The summed E-state index contributed by atoms with van der Waals surface area (Å²) in [5, 5.41) is 8.79. The SMILES string of the molecule is CCC(OC(=O)CC1Sc2ccc(Cl)cc2NC1=O)C(=O)Nc1cc(C)on1. The number of benzene rings is 1. The number of ether oxygens (including phenoxy) is 1. The maximum Gasteiger partial charge on any atom is 0.308 e. The lowest BCUT2D eigenvalue weighted by atomic mass is 10.2. The predicted molar refractivity (Wildman–Crippen MR) is 104 cm³/mol. The average Bonchev–Trinajstić information content (AvgIpc) is 3.05. The van der Waals surface area contributed by atoms with Crippen molar-refractivity contribution in [3.05, 3.63) is 35.0 Å². The number of carbonyl (C=O) groups is 3. The Kier molecular flexibility index (Phi) is 6.25. The molecule has 10 heteroatoms. The van der Waals surface area contributed by atoms with Crippen LogP contribution in [0.1, 0.15) is 25.5 Å². The molecule has 1 aromatic heterocycles. The van der Waals surface area contributed by atoms with Crippen LogP contribution in [0.2, 0.25) is 5.02 Å². The summed E-state index contributed by atoms with van der Waals surface area (Å²) in [5.41, 5.74) is 0.612. The molecule has 28 heavy (non-hydrogen) atoms. The lowest BCUT2D eigenvalue weighted by Gasteiger charge is -2.24. The highest BCUT2D eigenvalue weighted by atomic mass is 35.5. The van der Waals surface area contributed by atoms with Gasteiger partial charge in [-0.15, -0.1) is 11.8 Å². The van der Waals surface area contributed by atoms with E-state index in [4.69, 9.17) is 20.9 Å². The molecule has 0 radical (unpaired) electrons. The standard InChI is InChI=1S/C18H18ClN3O5S/c1-3-12(17(24)21-15-6-9(2)27-22-15)26-16(23)8-14-18(25)20-11-7-10(19)4-5-13(11)28-14/h4-7,12,14H,3,8H2,1-2H3,(H,20,25)(H,21,22,24). The van der Waals surface area contributed by atoms with Crippen LogP contribution in [0.15, 0.2) is 33.7 Å². The van der Waals surface area contributed by atoms with Crippen molar-refractivity contribution in [2.24, 2.45) is 0 Å². The zero-order chi connectivity index (χ0) is 20.3. The van der Waals surface area contributed by atoms with Crippen LogP contribution in [0, 0.1) is 6.92 Å². The zero-order valence-electron chi connectivity index (χ0n) is 15.2. The van der Waals surface area contributed by atoms with Crippen molar-refractivity contribution >= 4 is 52.7 Å². The van der Waals surface area contributed by atoms with Gasteiger partial charge in [-0.1, -0.05) is 23.7 Å². The van der Waals surface area contributed by atoms with Gasteiger partial charge in [-0.2, -0.15) is 0 Å². The van der Waals surface area contributed by atoms with Gasteiger partial charge in [0.2, 0.25) is 5.91 Å². The summed E-state index contributed by atoms with van der Waals surface area (Å²) in [4.78, 5) is 37.6. The quantitative estimate of drug-likeness (QED) is 0.685. The fourth-order valence-corrected chi connectivity index (χ4v) is 3.82. The van der Waals surface area contributed by atoms with Crippen LogP contribution in [0.25, 0.3) is 0 Å². The van der Waals surface area contributed by atoms with Crippen molar-refractivity contribution in [1.82, 2.24) is 5.16 Å². The highest BCUT2D eigenvalue weighted by molar-refractivity contribution is 8.01. The summed E-state index contributed by atoms with van der Waals surface area (Å²) >= 11 is 7.18. The number of esters is 1. The normalized spacial score (nSPS) is 16.7. The maximum atomic E-state index is 12.3. The minimum Gasteiger partial charge on any atom is -0.452 e. The Morgan fingerprint density at radius 1 is 1.43 bits per heavy atom. The fourth-order valence-electron chi connectivity index (χ4n) is 2.57. The molecule has 0 saturated heterocycles. The first-order chi connectivity index (χ1) is 13.4. The largest absolute Gasteiger partial charge is 0.452 e. The van der Waals surface area contributed by atoms with Gasteiger partial charge in [0.1, 0.15) is 5.76 Å². The van der Waals surface area contributed by atoms with E-state index in [9.17, 15) is 14.4 Å². The summed E-state index contributed by atoms with van der Waals surface area (Å²) in [6, 6.07) is 6.70. The molecule has 148 valence electrons. The average molecular weight is 424 g/mol. The van der Waals surface area contributed by atoms with Crippen molar-refractivity contribution in [3.63, 3.8) is 0 Å². The number of hydrogen-bond donors (Lipinski definition) is 2. The monoisotopic (exact) mass is 423 g/mol. The first-order valence-corrected chi connectivity index (χ1v) is 9.82. The summed E-state index contributed by atoms with van der Waals surface area (Å²) in [6.45, 7) is 3.41. The summed E-state index contributed by atoms with van der Waals surface area (Å²) in [5.74, 6) is -0.669. The van der Waals surface area contributed by atoms with Crippen molar-refractivity contribution in [2.75, 3.05) is 10.6 Å². The van der Waals surface area contributed by atoms with Gasteiger partial charge in [0.05, 0.1) is 17.4 Å². The summed E-state index contributed by atoms with van der Waals surface area (Å²) in [6.07, 6.45) is -0.877. The first-order valence-electron chi connectivity index (χ1n) is 8.56. The van der Waals surface area contributed by atoms with E-state index in [0.717, 1.165) is 4.90 Å². The number of anilines is 2.